The Bertz CT molecular complexity index is 556. The first-order chi connectivity index (χ1) is 7.09. The molecule has 0 amide bonds. The van der Waals surface area contributed by atoms with Gasteiger partial charge in [0.2, 0.25) is 0 Å². The summed E-state index contributed by atoms with van der Waals surface area (Å²) in [5.74, 6) is -1.07. The van der Waals surface area contributed by atoms with Gasteiger partial charge in [-0.05, 0) is 28.1 Å². The third-order valence-corrected chi connectivity index (χ3v) is 2.73. The van der Waals surface area contributed by atoms with Gasteiger partial charge in [-0.25, -0.2) is 4.79 Å². The van der Waals surface area contributed by atoms with Gasteiger partial charge in [0, 0.05) is 16.1 Å². The molecular formula is C10H5BrClNO2. The van der Waals surface area contributed by atoms with Crippen LogP contribution < -0.4 is 0 Å². The summed E-state index contributed by atoms with van der Waals surface area (Å²) in [5.41, 5.74) is 0.444. The van der Waals surface area contributed by atoms with Crippen molar-refractivity contribution in [1.29, 1.82) is 0 Å². The molecule has 1 heterocycles. The summed E-state index contributed by atoms with van der Waals surface area (Å²) in [6.45, 7) is 0. The number of aromatic nitrogens is 1. The van der Waals surface area contributed by atoms with Crippen LogP contribution in [0.25, 0.3) is 10.9 Å². The van der Waals surface area contributed by atoms with Gasteiger partial charge in [-0.1, -0.05) is 17.7 Å². The number of fused-ring (bicyclic) bond motifs is 1. The minimum absolute atomic E-state index is 0.0432. The molecule has 0 bridgehead atoms. The van der Waals surface area contributed by atoms with E-state index >= 15 is 0 Å². The molecule has 0 aliphatic heterocycles. The Morgan fingerprint density at radius 3 is 2.87 bits per heavy atom. The monoisotopic (exact) mass is 285 g/mol. The molecule has 0 saturated carbocycles. The van der Waals surface area contributed by atoms with Gasteiger partial charge in [0.15, 0.2) is 0 Å². The van der Waals surface area contributed by atoms with E-state index < -0.39 is 5.97 Å². The van der Waals surface area contributed by atoms with E-state index in [0.717, 1.165) is 9.86 Å². The number of nitrogens with zero attached hydrogens (tertiary/aromatic N) is 1. The summed E-state index contributed by atoms with van der Waals surface area (Å²) in [7, 11) is 0. The maximum Gasteiger partial charge on any atom is 0.339 e. The number of hydrogen-bond acceptors (Lipinski definition) is 2. The molecule has 0 atom stereocenters. The van der Waals surface area contributed by atoms with Gasteiger partial charge < -0.3 is 5.11 Å². The molecule has 1 aromatic carbocycles. The number of halogens is 2. The number of benzene rings is 1. The fourth-order valence-electron chi connectivity index (χ4n) is 1.35. The lowest BCUT2D eigenvalue weighted by molar-refractivity contribution is 0.0699. The van der Waals surface area contributed by atoms with E-state index in [0.29, 0.717) is 5.52 Å². The topological polar surface area (TPSA) is 50.2 Å². The van der Waals surface area contributed by atoms with Crippen LogP contribution in [0.2, 0.25) is 5.02 Å². The van der Waals surface area contributed by atoms with Crippen LogP contribution in [0.1, 0.15) is 10.4 Å². The predicted octanol–water partition coefficient (Wildman–Crippen LogP) is 3.35. The van der Waals surface area contributed by atoms with Crippen LogP contribution in [0.5, 0.6) is 0 Å². The van der Waals surface area contributed by atoms with Gasteiger partial charge in [0.05, 0.1) is 10.5 Å². The highest BCUT2D eigenvalue weighted by Crippen LogP contribution is 2.26. The molecule has 3 nitrogen and oxygen atoms in total. The largest absolute Gasteiger partial charge is 0.478 e. The molecule has 2 rings (SSSR count). The van der Waals surface area contributed by atoms with E-state index in [1.54, 1.807) is 24.4 Å². The molecule has 15 heavy (non-hydrogen) atoms. The van der Waals surface area contributed by atoms with Gasteiger partial charge in [-0.15, -0.1) is 0 Å². The van der Waals surface area contributed by atoms with Crippen molar-refractivity contribution in [1.82, 2.24) is 4.98 Å². The van der Waals surface area contributed by atoms with Crippen molar-refractivity contribution >= 4 is 44.4 Å². The average Bonchev–Trinajstić information content (AvgIpc) is 2.17. The van der Waals surface area contributed by atoms with Crippen LogP contribution in [-0.4, -0.2) is 16.1 Å². The van der Waals surface area contributed by atoms with Crippen LogP contribution in [0.4, 0.5) is 0 Å². The minimum atomic E-state index is -1.07. The van der Waals surface area contributed by atoms with Gasteiger partial charge in [0.25, 0.3) is 0 Å². The molecule has 0 aliphatic carbocycles. The molecule has 76 valence electrons. The minimum Gasteiger partial charge on any atom is -0.478 e. The van der Waals surface area contributed by atoms with E-state index in [-0.39, 0.29) is 10.6 Å². The number of rotatable bonds is 1. The zero-order chi connectivity index (χ0) is 11.0. The van der Waals surface area contributed by atoms with Crippen molar-refractivity contribution in [3.8, 4) is 0 Å². The Morgan fingerprint density at radius 1 is 1.47 bits per heavy atom. The van der Waals surface area contributed by atoms with Gasteiger partial charge >= 0.3 is 5.97 Å². The summed E-state index contributed by atoms with van der Waals surface area (Å²) in [6, 6.07) is 5.09. The Hall–Kier alpha value is -1.13. The van der Waals surface area contributed by atoms with Crippen molar-refractivity contribution < 1.29 is 9.90 Å². The molecule has 0 aliphatic rings. The third-order valence-electron chi connectivity index (χ3n) is 1.98. The lowest BCUT2D eigenvalue weighted by atomic mass is 10.1. The van der Waals surface area contributed by atoms with Crippen LogP contribution in [0.3, 0.4) is 0 Å². The van der Waals surface area contributed by atoms with Crippen molar-refractivity contribution in [2.45, 2.75) is 0 Å². The first-order valence-electron chi connectivity index (χ1n) is 4.06. The highest BCUT2D eigenvalue weighted by Gasteiger charge is 2.14. The first-order valence-corrected chi connectivity index (χ1v) is 5.24. The summed E-state index contributed by atoms with van der Waals surface area (Å²) >= 11 is 9.08. The lowest BCUT2D eigenvalue weighted by Crippen LogP contribution is -2.00. The van der Waals surface area contributed by atoms with E-state index in [4.69, 9.17) is 16.7 Å². The zero-order valence-corrected chi connectivity index (χ0v) is 9.71. The predicted molar refractivity (Wildman–Crippen MR) is 61.4 cm³/mol. The fraction of sp³-hybridized carbons (Fsp3) is 0. The highest BCUT2D eigenvalue weighted by molar-refractivity contribution is 9.10. The molecule has 2 aromatic rings. The molecule has 1 aromatic heterocycles. The Morgan fingerprint density at radius 2 is 2.20 bits per heavy atom. The zero-order valence-electron chi connectivity index (χ0n) is 7.37. The van der Waals surface area contributed by atoms with Gasteiger partial charge in [0.1, 0.15) is 5.56 Å². The number of hydrogen-bond donors (Lipinski definition) is 1. The van der Waals surface area contributed by atoms with Crippen LogP contribution in [0.15, 0.2) is 28.9 Å². The highest BCUT2D eigenvalue weighted by atomic mass is 79.9. The molecule has 1 N–H and O–H groups in total. The second kappa shape index (κ2) is 3.79. The SMILES string of the molecule is O=C(O)c1c(Cl)ccc2cc(Br)cnc12. The Balaban J connectivity index is 2.88. The summed E-state index contributed by atoms with van der Waals surface area (Å²) in [5, 5.41) is 9.94. The lowest BCUT2D eigenvalue weighted by Gasteiger charge is -2.03. The molecule has 0 unspecified atom stereocenters. The van der Waals surface area contributed by atoms with Gasteiger partial charge in [-0.3, -0.25) is 4.98 Å². The normalized spacial score (nSPS) is 10.5. The molecule has 0 fully saturated rings. The van der Waals surface area contributed by atoms with Crippen molar-refractivity contribution in [3.05, 3.63) is 39.5 Å². The van der Waals surface area contributed by atoms with E-state index in [1.807, 2.05) is 0 Å². The van der Waals surface area contributed by atoms with Crippen LogP contribution in [-0.2, 0) is 0 Å². The van der Waals surface area contributed by atoms with Crippen molar-refractivity contribution in [3.63, 3.8) is 0 Å². The smallest absolute Gasteiger partial charge is 0.339 e. The first kappa shape index (κ1) is 10.4. The quantitative estimate of drug-likeness (QED) is 0.874. The maximum absolute atomic E-state index is 11.0. The summed E-state index contributed by atoms with van der Waals surface area (Å²) in [4.78, 5) is 15.0. The molecule has 0 spiro atoms. The third kappa shape index (κ3) is 1.82. The number of carboxylic acid groups (broad SMARTS) is 1. The second-order valence-electron chi connectivity index (χ2n) is 2.95. The van der Waals surface area contributed by atoms with E-state index in [9.17, 15) is 4.79 Å². The Kier molecular flexibility index (Phi) is 2.63. The van der Waals surface area contributed by atoms with E-state index in [1.165, 1.54) is 0 Å². The molecule has 0 saturated heterocycles. The molecule has 0 radical (unpaired) electrons. The maximum atomic E-state index is 11.0. The van der Waals surface area contributed by atoms with Crippen molar-refractivity contribution in [2.24, 2.45) is 0 Å². The number of pyridine rings is 1. The number of carboxylic acids is 1. The molecule has 5 heteroatoms. The standard InChI is InChI=1S/C10H5BrClNO2/c11-6-3-5-1-2-7(12)8(10(14)15)9(5)13-4-6/h1-4H,(H,14,15). The van der Waals surface area contributed by atoms with E-state index in [2.05, 4.69) is 20.9 Å². The van der Waals surface area contributed by atoms with Crippen LogP contribution >= 0.6 is 27.5 Å². The molecular weight excluding hydrogens is 281 g/mol. The number of aromatic carboxylic acids is 1. The average molecular weight is 287 g/mol. The van der Waals surface area contributed by atoms with Crippen LogP contribution in [0, 0.1) is 0 Å². The fourth-order valence-corrected chi connectivity index (χ4v) is 1.94. The number of carbonyl (C=O) groups is 1. The van der Waals surface area contributed by atoms with Gasteiger partial charge in [-0.2, -0.15) is 0 Å². The van der Waals surface area contributed by atoms with Crippen molar-refractivity contribution in [2.75, 3.05) is 0 Å². The summed E-state index contributed by atoms with van der Waals surface area (Å²) in [6.07, 6.45) is 1.55. The second-order valence-corrected chi connectivity index (χ2v) is 4.28. The summed E-state index contributed by atoms with van der Waals surface area (Å²) < 4.78 is 0.800. The Labute approximate surface area is 98.8 Å².